The fraction of sp³-hybridized carbons (Fsp3) is 0.333. The molecular weight excluding hydrogens is 158 g/mol. The first kappa shape index (κ1) is 10.3. The van der Waals surface area contributed by atoms with Gasteiger partial charge in [-0.1, -0.05) is 25.1 Å². The quantitative estimate of drug-likeness (QED) is 0.646. The fourth-order valence-electron chi connectivity index (χ4n) is 1.05. The van der Waals surface area contributed by atoms with Gasteiger partial charge in [-0.2, -0.15) is 0 Å². The van der Waals surface area contributed by atoms with E-state index in [0.717, 1.165) is 12.1 Å². The summed E-state index contributed by atoms with van der Waals surface area (Å²) in [5.41, 5.74) is 9.17. The smallest absolute Gasteiger partial charge is 0.0376 e. The summed E-state index contributed by atoms with van der Waals surface area (Å²) >= 11 is 0. The van der Waals surface area contributed by atoms with Gasteiger partial charge in [-0.25, -0.2) is 0 Å². The molecule has 1 nitrogen and oxygen atoms in total. The van der Waals surface area contributed by atoms with Crippen LogP contribution in [-0.2, 0) is 6.42 Å². The number of para-hydroxylation sites is 1. The van der Waals surface area contributed by atoms with Gasteiger partial charge in [0.2, 0.25) is 0 Å². The average molecular weight is 172 g/mol. The van der Waals surface area contributed by atoms with Gasteiger partial charge in [0.15, 0.2) is 0 Å². The molecular formula is C9H14ClN. The molecule has 0 saturated heterocycles. The van der Waals surface area contributed by atoms with E-state index >= 15 is 0 Å². The van der Waals surface area contributed by atoms with Crippen LogP contribution in [0.15, 0.2) is 18.2 Å². The third-order valence-electron chi connectivity index (χ3n) is 1.80. The molecule has 0 spiro atoms. The summed E-state index contributed by atoms with van der Waals surface area (Å²) in [6, 6.07) is 6.15. The highest BCUT2D eigenvalue weighted by Gasteiger charge is 1.96. The Hall–Kier alpha value is -0.690. The Kier molecular flexibility index (Phi) is 3.98. The van der Waals surface area contributed by atoms with E-state index in [9.17, 15) is 0 Å². The van der Waals surface area contributed by atoms with Crippen molar-refractivity contribution in [3.05, 3.63) is 29.3 Å². The summed E-state index contributed by atoms with van der Waals surface area (Å²) in [5.74, 6) is 0. The number of nitrogen functional groups attached to an aromatic ring is 1. The Balaban J connectivity index is 0.000001000. The first-order chi connectivity index (χ1) is 4.75. The summed E-state index contributed by atoms with van der Waals surface area (Å²) < 4.78 is 0. The van der Waals surface area contributed by atoms with Crippen LogP contribution in [0.4, 0.5) is 5.69 Å². The molecule has 0 amide bonds. The van der Waals surface area contributed by atoms with Crippen LogP contribution < -0.4 is 5.73 Å². The first-order valence-corrected chi connectivity index (χ1v) is 3.59. The third-order valence-corrected chi connectivity index (χ3v) is 1.80. The molecule has 0 radical (unpaired) electrons. The van der Waals surface area contributed by atoms with E-state index in [-0.39, 0.29) is 12.4 Å². The normalized spacial score (nSPS) is 8.91. The molecule has 2 N–H and O–H groups in total. The molecule has 0 atom stereocenters. The van der Waals surface area contributed by atoms with Crippen molar-refractivity contribution in [3.63, 3.8) is 0 Å². The van der Waals surface area contributed by atoms with Crippen molar-refractivity contribution in [1.29, 1.82) is 0 Å². The molecule has 0 unspecified atom stereocenters. The number of hydrogen-bond acceptors (Lipinski definition) is 1. The lowest BCUT2D eigenvalue weighted by molar-refractivity contribution is 1.14. The number of aryl methyl sites for hydroxylation is 2. The average Bonchev–Trinajstić information content (AvgIpc) is 1.95. The Morgan fingerprint density at radius 2 is 2.00 bits per heavy atom. The highest BCUT2D eigenvalue weighted by Crippen LogP contribution is 2.15. The van der Waals surface area contributed by atoms with Gasteiger partial charge in [0.1, 0.15) is 0 Å². The molecule has 0 aliphatic rings. The van der Waals surface area contributed by atoms with Crippen LogP contribution in [0.3, 0.4) is 0 Å². The van der Waals surface area contributed by atoms with Gasteiger partial charge < -0.3 is 5.73 Å². The number of hydrogen-bond donors (Lipinski definition) is 1. The number of halogens is 1. The second-order valence-corrected chi connectivity index (χ2v) is 2.50. The molecule has 0 saturated carbocycles. The van der Waals surface area contributed by atoms with E-state index in [4.69, 9.17) is 5.73 Å². The molecule has 62 valence electrons. The van der Waals surface area contributed by atoms with Gasteiger partial charge in [-0.3, -0.25) is 0 Å². The summed E-state index contributed by atoms with van der Waals surface area (Å²) in [4.78, 5) is 0. The number of nitrogens with two attached hydrogens (primary N) is 1. The molecule has 0 aliphatic carbocycles. The fourth-order valence-corrected chi connectivity index (χ4v) is 1.05. The highest BCUT2D eigenvalue weighted by molar-refractivity contribution is 5.85. The SMILES string of the molecule is CCc1cccc(C)c1N.Cl. The summed E-state index contributed by atoms with van der Waals surface area (Å²) in [6.45, 7) is 4.15. The molecule has 1 aromatic rings. The zero-order valence-electron chi connectivity index (χ0n) is 6.92. The standard InChI is InChI=1S/C9H13N.ClH/c1-3-8-6-4-5-7(2)9(8)10;/h4-6H,3,10H2,1-2H3;1H. The van der Waals surface area contributed by atoms with E-state index in [1.807, 2.05) is 19.1 Å². The largest absolute Gasteiger partial charge is 0.398 e. The minimum Gasteiger partial charge on any atom is -0.398 e. The van der Waals surface area contributed by atoms with Crippen molar-refractivity contribution in [2.75, 3.05) is 5.73 Å². The number of benzene rings is 1. The maximum atomic E-state index is 5.79. The monoisotopic (exact) mass is 171 g/mol. The van der Waals surface area contributed by atoms with Crippen molar-refractivity contribution in [3.8, 4) is 0 Å². The van der Waals surface area contributed by atoms with Crippen molar-refractivity contribution < 1.29 is 0 Å². The van der Waals surface area contributed by atoms with E-state index in [2.05, 4.69) is 13.0 Å². The van der Waals surface area contributed by atoms with Gasteiger partial charge in [0.05, 0.1) is 0 Å². The van der Waals surface area contributed by atoms with Gasteiger partial charge in [-0.15, -0.1) is 12.4 Å². The van der Waals surface area contributed by atoms with Gasteiger partial charge in [0, 0.05) is 5.69 Å². The zero-order chi connectivity index (χ0) is 7.56. The van der Waals surface area contributed by atoms with Crippen LogP contribution in [0, 0.1) is 6.92 Å². The Morgan fingerprint density at radius 3 is 2.45 bits per heavy atom. The van der Waals surface area contributed by atoms with E-state index < -0.39 is 0 Å². The molecule has 0 fully saturated rings. The van der Waals surface area contributed by atoms with Crippen LogP contribution in [0.1, 0.15) is 18.1 Å². The van der Waals surface area contributed by atoms with Crippen LogP contribution in [0.2, 0.25) is 0 Å². The van der Waals surface area contributed by atoms with E-state index in [0.29, 0.717) is 0 Å². The second kappa shape index (κ2) is 4.24. The number of anilines is 1. The van der Waals surface area contributed by atoms with Gasteiger partial charge in [0.25, 0.3) is 0 Å². The Labute approximate surface area is 74.0 Å². The zero-order valence-corrected chi connectivity index (χ0v) is 7.74. The molecule has 1 aromatic carbocycles. The molecule has 1 rings (SSSR count). The molecule has 0 aromatic heterocycles. The van der Waals surface area contributed by atoms with Crippen molar-refractivity contribution in [2.24, 2.45) is 0 Å². The third kappa shape index (κ3) is 2.12. The predicted molar refractivity (Wildman–Crippen MR) is 52.2 cm³/mol. The maximum Gasteiger partial charge on any atom is 0.0376 e. The lowest BCUT2D eigenvalue weighted by Crippen LogP contribution is -1.94. The minimum absolute atomic E-state index is 0. The lowest BCUT2D eigenvalue weighted by atomic mass is 10.1. The van der Waals surface area contributed by atoms with Crippen LogP contribution >= 0.6 is 12.4 Å². The number of rotatable bonds is 1. The Morgan fingerprint density at radius 1 is 1.36 bits per heavy atom. The van der Waals surface area contributed by atoms with Crippen molar-refractivity contribution in [1.82, 2.24) is 0 Å². The van der Waals surface area contributed by atoms with Crippen LogP contribution in [-0.4, -0.2) is 0 Å². The molecule has 2 heteroatoms. The maximum absolute atomic E-state index is 5.79. The molecule has 11 heavy (non-hydrogen) atoms. The molecule has 0 aliphatic heterocycles. The van der Waals surface area contributed by atoms with Crippen LogP contribution in [0.5, 0.6) is 0 Å². The van der Waals surface area contributed by atoms with Crippen molar-refractivity contribution in [2.45, 2.75) is 20.3 Å². The molecule has 0 heterocycles. The van der Waals surface area contributed by atoms with E-state index in [1.165, 1.54) is 11.1 Å². The van der Waals surface area contributed by atoms with Crippen LogP contribution in [0.25, 0.3) is 0 Å². The van der Waals surface area contributed by atoms with E-state index in [1.54, 1.807) is 0 Å². The summed E-state index contributed by atoms with van der Waals surface area (Å²) in [6.07, 6.45) is 1.02. The topological polar surface area (TPSA) is 26.0 Å². The second-order valence-electron chi connectivity index (χ2n) is 2.50. The first-order valence-electron chi connectivity index (χ1n) is 3.59. The molecule has 0 bridgehead atoms. The Bertz CT molecular complexity index is 233. The predicted octanol–water partition coefficient (Wildman–Crippen LogP) is 2.56. The highest BCUT2D eigenvalue weighted by atomic mass is 35.5. The lowest BCUT2D eigenvalue weighted by Gasteiger charge is -2.04. The summed E-state index contributed by atoms with van der Waals surface area (Å²) in [7, 11) is 0. The minimum atomic E-state index is 0. The summed E-state index contributed by atoms with van der Waals surface area (Å²) in [5, 5.41) is 0. The van der Waals surface area contributed by atoms with Gasteiger partial charge in [-0.05, 0) is 24.5 Å². The van der Waals surface area contributed by atoms with Gasteiger partial charge >= 0.3 is 0 Å². The van der Waals surface area contributed by atoms with Crippen molar-refractivity contribution >= 4 is 18.1 Å².